The first-order chi connectivity index (χ1) is 15.6. The van der Waals surface area contributed by atoms with Gasteiger partial charge in [-0.1, -0.05) is 13.3 Å². The number of fused-ring (bicyclic) bond motifs is 1. The lowest BCUT2D eigenvalue weighted by atomic mass is 10.1. The highest BCUT2D eigenvalue weighted by Gasteiger charge is 2.26. The molecule has 0 saturated heterocycles. The highest BCUT2D eigenvalue weighted by Crippen LogP contribution is 2.40. The number of anilines is 1. The van der Waals surface area contributed by atoms with Gasteiger partial charge in [-0.3, -0.25) is 0 Å². The quantitative estimate of drug-likeness (QED) is 0.505. The van der Waals surface area contributed by atoms with Crippen LogP contribution in [0.3, 0.4) is 0 Å². The van der Waals surface area contributed by atoms with Gasteiger partial charge in [0.05, 0.1) is 14.2 Å². The molecule has 0 aliphatic carbocycles. The van der Waals surface area contributed by atoms with Crippen LogP contribution in [0.15, 0.2) is 12.1 Å². The number of hydrogen-bond acceptors (Lipinski definition) is 6. The van der Waals surface area contributed by atoms with Crippen molar-refractivity contribution in [1.82, 2.24) is 15.2 Å². The molecule has 0 fully saturated rings. The summed E-state index contributed by atoms with van der Waals surface area (Å²) in [5, 5.41) is 7.00. The molecule has 0 atom stereocenters. The predicted octanol–water partition coefficient (Wildman–Crippen LogP) is 5.10. The maximum Gasteiger partial charge on any atom is 0.417 e. The number of aryl methyl sites for hydroxylation is 1. The number of rotatable bonds is 9. The second kappa shape index (κ2) is 11.6. The van der Waals surface area contributed by atoms with Crippen LogP contribution in [-0.4, -0.2) is 54.9 Å². The molecule has 0 bridgehead atoms. The summed E-state index contributed by atoms with van der Waals surface area (Å²) < 4.78 is 16.6. The highest BCUT2D eigenvalue weighted by atomic mass is 16.6. The van der Waals surface area contributed by atoms with Gasteiger partial charge in [0.25, 0.3) is 0 Å². The number of ether oxygens (including phenoxy) is 3. The number of pyridine rings is 1. The van der Waals surface area contributed by atoms with Crippen molar-refractivity contribution >= 4 is 28.6 Å². The summed E-state index contributed by atoms with van der Waals surface area (Å²) in [5.41, 5.74) is 0.901. The van der Waals surface area contributed by atoms with Gasteiger partial charge in [0, 0.05) is 35.1 Å². The topological polar surface area (TPSA) is 102 Å². The molecule has 2 N–H and O–H groups in total. The number of amides is 3. The molecule has 33 heavy (non-hydrogen) atoms. The summed E-state index contributed by atoms with van der Waals surface area (Å²) in [7, 11) is 3.09. The first kappa shape index (κ1) is 26.0. The molecule has 3 amide bonds. The first-order valence-corrected chi connectivity index (χ1v) is 11.3. The van der Waals surface area contributed by atoms with Crippen LogP contribution in [0, 0.1) is 6.92 Å². The van der Waals surface area contributed by atoms with E-state index in [0.717, 1.165) is 18.2 Å². The van der Waals surface area contributed by atoms with Crippen LogP contribution in [0.2, 0.25) is 0 Å². The zero-order chi connectivity index (χ0) is 24.7. The Bertz CT molecular complexity index is 983. The molecule has 0 aliphatic rings. The second-order valence-electron chi connectivity index (χ2n) is 8.33. The van der Waals surface area contributed by atoms with Crippen molar-refractivity contribution in [3.8, 4) is 17.4 Å². The van der Waals surface area contributed by atoms with Crippen molar-refractivity contribution in [2.75, 3.05) is 26.1 Å². The van der Waals surface area contributed by atoms with Crippen molar-refractivity contribution < 1.29 is 23.8 Å². The van der Waals surface area contributed by atoms with E-state index in [4.69, 9.17) is 14.2 Å². The van der Waals surface area contributed by atoms with Gasteiger partial charge in [0.2, 0.25) is 5.88 Å². The van der Waals surface area contributed by atoms with E-state index in [9.17, 15) is 9.59 Å². The van der Waals surface area contributed by atoms with E-state index in [0.29, 0.717) is 29.1 Å². The molecule has 9 heteroatoms. The van der Waals surface area contributed by atoms with Gasteiger partial charge in [-0.2, -0.15) is 0 Å². The average molecular weight is 461 g/mol. The van der Waals surface area contributed by atoms with Crippen molar-refractivity contribution in [2.45, 2.75) is 66.5 Å². The monoisotopic (exact) mass is 460 g/mol. The molecule has 9 nitrogen and oxygen atoms in total. The summed E-state index contributed by atoms with van der Waals surface area (Å²) in [6.07, 6.45) is 1.27. The van der Waals surface area contributed by atoms with Crippen LogP contribution in [0.1, 0.15) is 53.2 Å². The Labute approximate surface area is 195 Å². The van der Waals surface area contributed by atoms with E-state index < -0.39 is 12.1 Å². The summed E-state index contributed by atoms with van der Waals surface area (Å²) >= 11 is 0. The number of nitrogens with one attached hydrogen (secondary N) is 2. The second-order valence-corrected chi connectivity index (χ2v) is 8.33. The van der Waals surface area contributed by atoms with Crippen LogP contribution in [0.25, 0.3) is 10.8 Å². The van der Waals surface area contributed by atoms with Gasteiger partial charge < -0.3 is 29.7 Å². The van der Waals surface area contributed by atoms with Gasteiger partial charge in [-0.15, -0.1) is 0 Å². The molecule has 0 spiro atoms. The zero-order valence-electron chi connectivity index (χ0n) is 20.9. The minimum absolute atomic E-state index is 0.0224. The first-order valence-electron chi connectivity index (χ1n) is 11.3. The van der Waals surface area contributed by atoms with Crippen molar-refractivity contribution in [3.05, 3.63) is 17.8 Å². The third kappa shape index (κ3) is 6.18. The number of carbonyl (C=O) groups is 2. The fourth-order valence-corrected chi connectivity index (χ4v) is 3.65. The third-order valence-electron chi connectivity index (χ3n) is 5.23. The highest BCUT2D eigenvalue weighted by molar-refractivity contribution is 6.05. The minimum Gasteiger partial charge on any atom is -0.493 e. The Morgan fingerprint density at radius 3 is 2.12 bits per heavy atom. The van der Waals surface area contributed by atoms with E-state index in [1.807, 2.05) is 34.6 Å². The summed E-state index contributed by atoms with van der Waals surface area (Å²) in [6, 6.07) is 2.97. The molecule has 1 aromatic carbocycles. The van der Waals surface area contributed by atoms with Crippen LogP contribution < -0.4 is 24.8 Å². The predicted molar refractivity (Wildman–Crippen MR) is 130 cm³/mol. The molecule has 0 unspecified atom stereocenters. The van der Waals surface area contributed by atoms with Gasteiger partial charge in [0.1, 0.15) is 5.69 Å². The van der Waals surface area contributed by atoms with Crippen molar-refractivity contribution in [1.29, 1.82) is 0 Å². The van der Waals surface area contributed by atoms with Crippen molar-refractivity contribution in [2.24, 2.45) is 0 Å². The fourth-order valence-electron chi connectivity index (χ4n) is 3.65. The van der Waals surface area contributed by atoms with Gasteiger partial charge >= 0.3 is 12.1 Å². The molecule has 0 aliphatic heterocycles. The third-order valence-corrected chi connectivity index (χ3v) is 5.23. The number of hydrogen-bond donors (Lipinski definition) is 2. The lowest BCUT2D eigenvalue weighted by Crippen LogP contribution is -2.44. The Balaban J connectivity index is 2.61. The maximum absolute atomic E-state index is 13.0. The van der Waals surface area contributed by atoms with Gasteiger partial charge in [-0.05, 0) is 53.2 Å². The van der Waals surface area contributed by atoms with E-state index in [1.54, 1.807) is 31.1 Å². The van der Waals surface area contributed by atoms with E-state index in [2.05, 4.69) is 15.6 Å². The largest absolute Gasteiger partial charge is 0.493 e. The number of carbonyl (C=O) groups excluding carboxylic acids is 2. The van der Waals surface area contributed by atoms with Crippen LogP contribution in [-0.2, 0) is 0 Å². The van der Waals surface area contributed by atoms with Crippen LogP contribution in [0.5, 0.6) is 17.4 Å². The summed E-state index contributed by atoms with van der Waals surface area (Å²) in [4.78, 5) is 31.8. The number of aromatic nitrogens is 1. The molecule has 2 aromatic rings. The molecule has 0 saturated carbocycles. The molecular weight excluding hydrogens is 424 g/mol. The van der Waals surface area contributed by atoms with Crippen LogP contribution in [0.4, 0.5) is 15.3 Å². The zero-order valence-corrected chi connectivity index (χ0v) is 20.9. The standard InChI is InChI=1S/C24H36N4O5/c1-9-10-11-25-23(29)27-21-18-13-20(32-8)19(31-7)12-17(18)16(6)26-22(21)33-24(30)28(14(2)3)15(4)5/h12-15H,9-11H2,1-8H3,(H2,25,27,29). The number of nitrogens with zero attached hydrogens (tertiary/aromatic N) is 2. The fraction of sp³-hybridized carbons (Fsp3) is 0.542. The lowest BCUT2D eigenvalue weighted by molar-refractivity contribution is 0.121. The average Bonchev–Trinajstić information content (AvgIpc) is 2.75. The molecule has 0 radical (unpaired) electrons. The number of methoxy groups -OCH3 is 2. The minimum atomic E-state index is -0.541. The summed E-state index contributed by atoms with van der Waals surface area (Å²) in [6.45, 7) is 12.0. The van der Waals surface area contributed by atoms with Crippen LogP contribution >= 0.6 is 0 Å². The molecular formula is C24H36N4O5. The number of urea groups is 1. The Hall–Kier alpha value is -3.23. The number of unbranched alkanes of at least 4 members (excludes halogenated alkanes) is 1. The molecule has 2 rings (SSSR count). The van der Waals surface area contributed by atoms with Gasteiger partial charge in [0.15, 0.2) is 11.5 Å². The molecule has 1 heterocycles. The van der Waals surface area contributed by atoms with Gasteiger partial charge in [-0.25, -0.2) is 14.6 Å². The lowest BCUT2D eigenvalue weighted by Gasteiger charge is -2.29. The Kier molecular flexibility index (Phi) is 9.13. The van der Waals surface area contributed by atoms with E-state index >= 15 is 0 Å². The van der Waals surface area contributed by atoms with E-state index in [-0.39, 0.29) is 23.7 Å². The van der Waals surface area contributed by atoms with E-state index in [1.165, 1.54) is 7.11 Å². The summed E-state index contributed by atoms with van der Waals surface area (Å²) in [5.74, 6) is 1.03. The Morgan fingerprint density at radius 1 is 1.03 bits per heavy atom. The maximum atomic E-state index is 13.0. The van der Waals surface area contributed by atoms with Crippen molar-refractivity contribution in [3.63, 3.8) is 0 Å². The SMILES string of the molecule is CCCCNC(=O)Nc1c(OC(=O)N(C(C)C)C(C)C)nc(C)c2cc(OC)c(OC)cc12. The molecule has 1 aromatic heterocycles. The normalized spacial score (nSPS) is 11.0. The number of benzene rings is 1. The smallest absolute Gasteiger partial charge is 0.417 e. The Morgan fingerprint density at radius 2 is 1.61 bits per heavy atom. The molecule has 182 valence electrons.